The SMILES string of the molecule is COCCn1cnc2cc(NC(=O)C3CCCCC3)cc(C(=O)NCCn3nc(C)cc3C)c21. The van der Waals surface area contributed by atoms with Gasteiger partial charge in [-0.15, -0.1) is 0 Å². The maximum absolute atomic E-state index is 13.3. The fourth-order valence-electron chi connectivity index (χ4n) is 4.69. The van der Waals surface area contributed by atoms with E-state index in [2.05, 4.69) is 20.7 Å². The van der Waals surface area contributed by atoms with Crippen molar-refractivity contribution in [3.05, 3.63) is 41.5 Å². The molecule has 182 valence electrons. The average Bonchev–Trinajstić information content (AvgIpc) is 3.39. The van der Waals surface area contributed by atoms with Crippen LogP contribution in [0.1, 0.15) is 53.8 Å². The van der Waals surface area contributed by atoms with Gasteiger partial charge in [0.25, 0.3) is 5.91 Å². The molecule has 0 spiro atoms. The monoisotopic (exact) mass is 466 g/mol. The summed E-state index contributed by atoms with van der Waals surface area (Å²) in [7, 11) is 1.64. The summed E-state index contributed by atoms with van der Waals surface area (Å²) in [6, 6.07) is 5.61. The van der Waals surface area contributed by atoms with Gasteiger partial charge in [0.1, 0.15) is 0 Å². The molecule has 1 aliphatic rings. The second kappa shape index (κ2) is 10.8. The summed E-state index contributed by atoms with van der Waals surface area (Å²) < 4.78 is 9.02. The predicted octanol–water partition coefficient (Wildman–Crippen LogP) is 3.44. The van der Waals surface area contributed by atoms with E-state index in [0.29, 0.717) is 43.0 Å². The summed E-state index contributed by atoms with van der Waals surface area (Å²) in [5.41, 5.74) is 4.49. The number of imidazole rings is 1. The van der Waals surface area contributed by atoms with Crippen molar-refractivity contribution in [2.45, 2.75) is 59.0 Å². The molecule has 2 heterocycles. The normalized spacial score (nSPS) is 14.4. The molecule has 4 rings (SSSR count). The standard InChI is InChI=1S/C25H34N6O3/c1-17-13-18(2)31(29-17)10-9-26-25(33)21-14-20(28-24(32)19-7-5-4-6-8-19)15-22-23(21)30(16-27-22)11-12-34-3/h13-16,19H,4-12H2,1-3H3,(H,26,33)(H,28,32). The molecule has 0 radical (unpaired) electrons. The van der Waals surface area contributed by atoms with Gasteiger partial charge in [-0.2, -0.15) is 5.10 Å². The third kappa shape index (κ3) is 5.47. The Labute approximate surface area is 199 Å². The second-order valence-corrected chi connectivity index (χ2v) is 9.05. The summed E-state index contributed by atoms with van der Waals surface area (Å²) in [5, 5.41) is 10.5. The van der Waals surface area contributed by atoms with E-state index in [1.54, 1.807) is 19.5 Å². The van der Waals surface area contributed by atoms with Crippen molar-refractivity contribution in [3.63, 3.8) is 0 Å². The first-order valence-electron chi connectivity index (χ1n) is 12.0. The number of carbonyl (C=O) groups excluding carboxylic acids is 2. The van der Waals surface area contributed by atoms with E-state index in [-0.39, 0.29) is 17.7 Å². The van der Waals surface area contributed by atoms with Gasteiger partial charge in [0.2, 0.25) is 5.91 Å². The van der Waals surface area contributed by atoms with E-state index in [4.69, 9.17) is 4.74 Å². The molecule has 9 heteroatoms. The van der Waals surface area contributed by atoms with Gasteiger partial charge in [-0.3, -0.25) is 14.3 Å². The minimum atomic E-state index is -0.209. The number of hydrogen-bond acceptors (Lipinski definition) is 5. The minimum absolute atomic E-state index is 0.0220. The zero-order chi connectivity index (χ0) is 24.1. The van der Waals surface area contributed by atoms with Crippen LogP contribution in [0.25, 0.3) is 11.0 Å². The molecule has 1 saturated carbocycles. The average molecular weight is 467 g/mol. The highest BCUT2D eigenvalue weighted by atomic mass is 16.5. The Hall–Kier alpha value is -3.20. The van der Waals surface area contributed by atoms with Crippen LogP contribution >= 0.6 is 0 Å². The van der Waals surface area contributed by atoms with E-state index in [9.17, 15) is 9.59 Å². The number of aromatic nitrogens is 4. The van der Waals surface area contributed by atoms with Gasteiger partial charge < -0.3 is 19.9 Å². The highest BCUT2D eigenvalue weighted by Gasteiger charge is 2.23. The van der Waals surface area contributed by atoms with E-state index in [0.717, 1.165) is 42.6 Å². The molecule has 34 heavy (non-hydrogen) atoms. The lowest BCUT2D eigenvalue weighted by molar-refractivity contribution is -0.120. The first kappa shape index (κ1) is 23.9. The van der Waals surface area contributed by atoms with Crippen molar-refractivity contribution in [1.29, 1.82) is 0 Å². The van der Waals surface area contributed by atoms with Crippen LogP contribution in [-0.4, -0.2) is 51.4 Å². The van der Waals surface area contributed by atoms with Crippen LogP contribution in [-0.2, 0) is 22.6 Å². The van der Waals surface area contributed by atoms with Crippen LogP contribution in [0, 0.1) is 19.8 Å². The lowest BCUT2D eigenvalue weighted by Gasteiger charge is -2.21. The number of methoxy groups -OCH3 is 1. The number of benzene rings is 1. The van der Waals surface area contributed by atoms with Gasteiger partial charge >= 0.3 is 0 Å². The zero-order valence-corrected chi connectivity index (χ0v) is 20.3. The molecule has 0 unspecified atom stereocenters. The molecule has 2 amide bonds. The van der Waals surface area contributed by atoms with Gasteiger partial charge in [0, 0.05) is 37.5 Å². The van der Waals surface area contributed by atoms with Crippen LogP contribution in [0.15, 0.2) is 24.5 Å². The lowest BCUT2D eigenvalue weighted by Crippen LogP contribution is -2.29. The number of amides is 2. The third-order valence-corrected chi connectivity index (χ3v) is 6.45. The molecular weight excluding hydrogens is 432 g/mol. The molecule has 0 atom stereocenters. The van der Waals surface area contributed by atoms with E-state index in [1.165, 1.54) is 6.42 Å². The number of hydrogen-bond donors (Lipinski definition) is 2. The summed E-state index contributed by atoms with van der Waals surface area (Å²) in [4.78, 5) is 30.6. The van der Waals surface area contributed by atoms with E-state index in [1.807, 2.05) is 35.2 Å². The summed E-state index contributed by atoms with van der Waals surface area (Å²) in [6.45, 7) is 6.05. The largest absolute Gasteiger partial charge is 0.383 e. The number of nitrogens with zero attached hydrogens (tertiary/aromatic N) is 4. The fourth-order valence-corrected chi connectivity index (χ4v) is 4.69. The first-order valence-corrected chi connectivity index (χ1v) is 12.0. The number of aryl methyl sites for hydroxylation is 2. The number of ether oxygens (including phenoxy) is 1. The molecule has 0 bridgehead atoms. The zero-order valence-electron chi connectivity index (χ0n) is 20.3. The highest BCUT2D eigenvalue weighted by molar-refractivity contribution is 6.07. The van der Waals surface area contributed by atoms with E-state index < -0.39 is 0 Å². The van der Waals surface area contributed by atoms with Gasteiger partial charge in [0.15, 0.2) is 0 Å². The Balaban J connectivity index is 1.56. The Morgan fingerprint density at radius 1 is 1.12 bits per heavy atom. The van der Waals surface area contributed by atoms with Gasteiger partial charge in [-0.05, 0) is 44.9 Å². The molecule has 2 aromatic heterocycles. The minimum Gasteiger partial charge on any atom is -0.383 e. The highest BCUT2D eigenvalue weighted by Crippen LogP contribution is 2.27. The predicted molar refractivity (Wildman–Crippen MR) is 131 cm³/mol. The van der Waals surface area contributed by atoms with Crippen molar-refractivity contribution in [2.24, 2.45) is 5.92 Å². The molecule has 3 aromatic rings. The number of carbonyl (C=O) groups is 2. The molecule has 1 fully saturated rings. The summed E-state index contributed by atoms with van der Waals surface area (Å²) in [5.74, 6) is -0.157. The molecular formula is C25H34N6O3. The summed E-state index contributed by atoms with van der Waals surface area (Å²) >= 11 is 0. The van der Waals surface area contributed by atoms with Gasteiger partial charge in [-0.25, -0.2) is 4.98 Å². The van der Waals surface area contributed by atoms with Crippen LogP contribution in [0.3, 0.4) is 0 Å². The molecule has 1 aromatic carbocycles. The molecule has 9 nitrogen and oxygen atoms in total. The maximum atomic E-state index is 13.3. The number of fused-ring (bicyclic) bond motifs is 1. The van der Waals surface area contributed by atoms with Crippen LogP contribution < -0.4 is 10.6 Å². The number of anilines is 1. The molecule has 1 aliphatic carbocycles. The van der Waals surface area contributed by atoms with Crippen LogP contribution in [0.5, 0.6) is 0 Å². The number of nitrogens with one attached hydrogen (secondary N) is 2. The number of rotatable bonds is 9. The Morgan fingerprint density at radius 2 is 1.91 bits per heavy atom. The quantitative estimate of drug-likeness (QED) is 0.503. The van der Waals surface area contributed by atoms with Crippen LogP contribution in [0.4, 0.5) is 5.69 Å². The van der Waals surface area contributed by atoms with Gasteiger partial charge in [-0.1, -0.05) is 19.3 Å². The molecule has 2 N–H and O–H groups in total. The smallest absolute Gasteiger partial charge is 0.253 e. The van der Waals surface area contributed by atoms with Crippen molar-refractivity contribution in [1.82, 2.24) is 24.6 Å². The van der Waals surface area contributed by atoms with Crippen molar-refractivity contribution in [2.75, 3.05) is 25.6 Å². The summed E-state index contributed by atoms with van der Waals surface area (Å²) in [6.07, 6.45) is 6.91. The van der Waals surface area contributed by atoms with Crippen molar-refractivity contribution in [3.8, 4) is 0 Å². The second-order valence-electron chi connectivity index (χ2n) is 9.05. The Kier molecular flexibility index (Phi) is 7.62. The maximum Gasteiger partial charge on any atom is 0.253 e. The van der Waals surface area contributed by atoms with E-state index >= 15 is 0 Å². The fraction of sp³-hybridized carbons (Fsp3) is 0.520. The third-order valence-electron chi connectivity index (χ3n) is 6.45. The van der Waals surface area contributed by atoms with Crippen LogP contribution in [0.2, 0.25) is 0 Å². The molecule has 0 aliphatic heterocycles. The van der Waals surface area contributed by atoms with Gasteiger partial charge in [0.05, 0.1) is 41.8 Å². The Morgan fingerprint density at radius 3 is 2.62 bits per heavy atom. The molecule has 0 saturated heterocycles. The lowest BCUT2D eigenvalue weighted by atomic mass is 9.88. The van der Waals surface area contributed by atoms with Crippen molar-refractivity contribution < 1.29 is 14.3 Å². The van der Waals surface area contributed by atoms with Crippen molar-refractivity contribution >= 4 is 28.5 Å². The Bertz CT molecular complexity index is 1160. The first-order chi connectivity index (χ1) is 16.5. The topological polar surface area (TPSA) is 103 Å².